The van der Waals surface area contributed by atoms with E-state index in [-0.39, 0.29) is 24.4 Å². The smallest absolute Gasteiger partial charge is 0.338 e. The van der Waals surface area contributed by atoms with Gasteiger partial charge in [0.05, 0.1) is 38.9 Å². The van der Waals surface area contributed by atoms with Gasteiger partial charge in [-0.1, -0.05) is 13.8 Å². The summed E-state index contributed by atoms with van der Waals surface area (Å²) in [4.78, 5) is 61.7. The topological polar surface area (TPSA) is 150 Å². The van der Waals surface area contributed by atoms with E-state index in [1.807, 2.05) is 13.8 Å². The summed E-state index contributed by atoms with van der Waals surface area (Å²) in [6, 6.07) is 10.6. The summed E-state index contributed by atoms with van der Waals surface area (Å²) in [6.45, 7) is 3.48. The Morgan fingerprint density at radius 2 is 1.59 bits per heavy atom. The van der Waals surface area contributed by atoms with Crippen molar-refractivity contribution in [3.8, 4) is 11.5 Å². The number of anilines is 1. The van der Waals surface area contributed by atoms with Crippen LogP contribution in [-0.4, -0.2) is 68.6 Å². The molecule has 1 atom stereocenters. The fourth-order valence-electron chi connectivity index (χ4n) is 3.57. The summed E-state index contributed by atoms with van der Waals surface area (Å²) in [7, 11) is 2.89. The summed E-state index contributed by atoms with van der Waals surface area (Å²) in [5.41, 5.74) is 3.41. The van der Waals surface area contributed by atoms with Crippen LogP contribution in [0.2, 0.25) is 0 Å². The molecular weight excluding hydrogens is 510 g/mol. The van der Waals surface area contributed by atoms with E-state index >= 15 is 0 Å². The van der Waals surface area contributed by atoms with E-state index < -0.39 is 42.2 Å². The van der Waals surface area contributed by atoms with Crippen molar-refractivity contribution in [2.75, 3.05) is 39.3 Å². The van der Waals surface area contributed by atoms with Crippen LogP contribution < -0.4 is 20.2 Å². The Kier molecular flexibility index (Phi) is 9.85. The van der Waals surface area contributed by atoms with Gasteiger partial charge in [-0.2, -0.15) is 0 Å². The number of nitrogens with zero attached hydrogens (tertiary/aromatic N) is 1. The summed E-state index contributed by atoms with van der Waals surface area (Å²) in [5.74, 6) is -2.73. The second kappa shape index (κ2) is 13.3. The standard InChI is InChI=1S/C27H31N3O9/c1-16(2)14-38-26(34)17-5-7-20(8-6-17)28-23(31)15-39-27(35)19-11-24(32)30(13-19)29-25(33)18-9-21(36-3)12-22(10-18)37-4/h5-10,12,16,19H,11,13-15H2,1-4H3,(H,28,31)(H,29,33)/t19-/m0/s1. The summed E-state index contributed by atoms with van der Waals surface area (Å²) in [6.07, 6.45) is -0.184. The fraction of sp³-hybridized carbons (Fsp3) is 0.370. The molecule has 0 radical (unpaired) electrons. The minimum atomic E-state index is -0.860. The van der Waals surface area contributed by atoms with Crippen LogP contribution in [0.4, 0.5) is 5.69 Å². The average Bonchev–Trinajstić information content (AvgIpc) is 3.30. The first-order valence-corrected chi connectivity index (χ1v) is 12.2. The normalized spacial score (nSPS) is 14.5. The van der Waals surface area contributed by atoms with Crippen molar-refractivity contribution >= 4 is 35.3 Å². The lowest BCUT2D eigenvalue weighted by Gasteiger charge is -2.18. The van der Waals surface area contributed by atoms with E-state index in [4.69, 9.17) is 18.9 Å². The zero-order valence-electron chi connectivity index (χ0n) is 22.1. The first-order valence-electron chi connectivity index (χ1n) is 12.2. The zero-order chi connectivity index (χ0) is 28.5. The van der Waals surface area contributed by atoms with Crippen molar-refractivity contribution < 1.29 is 42.9 Å². The Bertz CT molecular complexity index is 1210. The van der Waals surface area contributed by atoms with Gasteiger partial charge in [-0.15, -0.1) is 0 Å². The van der Waals surface area contributed by atoms with Crippen LogP contribution >= 0.6 is 0 Å². The van der Waals surface area contributed by atoms with Gasteiger partial charge in [0.15, 0.2) is 6.61 Å². The number of benzene rings is 2. The van der Waals surface area contributed by atoms with Crippen molar-refractivity contribution in [1.29, 1.82) is 0 Å². The maximum atomic E-state index is 12.7. The molecule has 1 fully saturated rings. The second-order valence-corrected chi connectivity index (χ2v) is 9.17. The largest absolute Gasteiger partial charge is 0.497 e. The monoisotopic (exact) mass is 541 g/mol. The van der Waals surface area contributed by atoms with Gasteiger partial charge in [0, 0.05) is 23.7 Å². The first kappa shape index (κ1) is 29.0. The number of esters is 2. The van der Waals surface area contributed by atoms with E-state index in [1.165, 1.54) is 50.6 Å². The number of ether oxygens (including phenoxy) is 4. The molecule has 2 aromatic carbocycles. The highest BCUT2D eigenvalue weighted by Gasteiger charge is 2.37. The van der Waals surface area contributed by atoms with Gasteiger partial charge in [0.2, 0.25) is 5.91 Å². The van der Waals surface area contributed by atoms with E-state index in [0.29, 0.717) is 29.4 Å². The van der Waals surface area contributed by atoms with Crippen LogP contribution in [0.15, 0.2) is 42.5 Å². The molecule has 0 saturated carbocycles. The SMILES string of the molecule is COc1cc(OC)cc(C(=O)NN2C[C@@H](C(=O)OCC(=O)Nc3ccc(C(=O)OCC(C)C)cc3)CC2=O)c1. The number of nitrogens with one attached hydrogen (secondary N) is 2. The predicted octanol–water partition coefficient (Wildman–Crippen LogP) is 2.19. The fourth-order valence-corrected chi connectivity index (χ4v) is 3.57. The quantitative estimate of drug-likeness (QED) is 0.408. The van der Waals surface area contributed by atoms with E-state index in [2.05, 4.69) is 10.7 Å². The van der Waals surface area contributed by atoms with E-state index in [0.717, 1.165) is 5.01 Å². The zero-order valence-corrected chi connectivity index (χ0v) is 22.1. The van der Waals surface area contributed by atoms with Crippen molar-refractivity contribution in [3.05, 3.63) is 53.6 Å². The van der Waals surface area contributed by atoms with E-state index in [1.54, 1.807) is 6.07 Å². The average molecular weight is 542 g/mol. The van der Waals surface area contributed by atoms with Gasteiger partial charge in [-0.25, -0.2) is 4.79 Å². The molecule has 0 unspecified atom stereocenters. The van der Waals surface area contributed by atoms with Crippen molar-refractivity contribution in [3.63, 3.8) is 0 Å². The maximum Gasteiger partial charge on any atom is 0.338 e. The molecule has 12 heteroatoms. The van der Waals surface area contributed by atoms with E-state index in [9.17, 15) is 24.0 Å². The Hall–Kier alpha value is -4.61. The molecule has 0 spiro atoms. The Morgan fingerprint density at radius 3 is 2.18 bits per heavy atom. The Morgan fingerprint density at radius 1 is 0.949 bits per heavy atom. The third-order valence-corrected chi connectivity index (χ3v) is 5.61. The van der Waals surface area contributed by atoms with Crippen LogP contribution in [0.5, 0.6) is 11.5 Å². The number of carbonyl (C=O) groups is 5. The van der Waals surface area contributed by atoms with Crippen molar-refractivity contribution in [2.45, 2.75) is 20.3 Å². The van der Waals surface area contributed by atoms with Gasteiger partial charge in [-0.3, -0.25) is 29.6 Å². The third kappa shape index (κ3) is 8.19. The lowest BCUT2D eigenvalue weighted by molar-refractivity contribution is -0.151. The molecular formula is C27H31N3O9. The number of hydrazine groups is 1. The molecule has 0 aliphatic carbocycles. The molecule has 3 amide bonds. The van der Waals surface area contributed by atoms with Crippen molar-refractivity contribution in [1.82, 2.24) is 10.4 Å². The molecule has 0 aromatic heterocycles. The summed E-state index contributed by atoms with van der Waals surface area (Å²) >= 11 is 0. The van der Waals surface area contributed by atoms with Crippen LogP contribution in [0.3, 0.4) is 0 Å². The van der Waals surface area contributed by atoms with Gasteiger partial charge in [0.25, 0.3) is 11.8 Å². The molecule has 1 saturated heterocycles. The van der Waals surface area contributed by atoms with Crippen molar-refractivity contribution in [2.24, 2.45) is 11.8 Å². The number of rotatable bonds is 11. The molecule has 208 valence electrons. The van der Waals surface area contributed by atoms with Crippen LogP contribution in [0, 0.1) is 11.8 Å². The molecule has 2 aromatic rings. The highest BCUT2D eigenvalue weighted by atomic mass is 16.5. The van der Waals surface area contributed by atoms with Crippen LogP contribution in [0.25, 0.3) is 0 Å². The van der Waals surface area contributed by atoms with Gasteiger partial charge in [-0.05, 0) is 42.3 Å². The molecule has 1 aliphatic heterocycles. The number of hydrogen-bond acceptors (Lipinski definition) is 9. The molecule has 1 heterocycles. The molecule has 12 nitrogen and oxygen atoms in total. The summed E-state index contributed by atoms with van der Waals surface area (Å²) in [5, 5.41) is 3.60. The minimum Gasteiger partial charge on any atom is -0.497 e. The number of methoxy groups -OCH3 is 2. The first-order chi connectivity index (χ1) is 18.6. The van der Waals surface area contributed by atoms with Crippen LogP contribution in [-0.2, 0) is 23.9 Å². The maximum absolute atomic E-state index is 12.7. The highest BCUT2D eigenvalue weighted by molar-refractivity contribution is 5.98. The Labute approximate surface area is 225 Å². The third-order valence-electron chi connectivity index (χ3n) is 5.61. The highest BCUT2D eigenvalue weighted by Crippen LogP contribution is 2.23. The lowest BCUT2D eigenvalue weighted by Crippen LogP contribution is -2.43. The van der Waals surface area contributed by atoms with Crippen LogP contribution in [0.1, 0.15) is 41.0 Å². The number of hydrogen-bond donors (Lipinski definition) is 2. The predicted molar refractivity (Wildman–Crippen MR) is 138 cm³/mol. The lowest BCUT2D eigenvalue weighted by atomic mass is 10.1. The molecule has 1 aliphatic rings. The van der Waals surface area contributed by atoms with Gasteiger partial charge in [0.1, 0.15) is 11.5 Å². The van der Waals surface area contributed by atoms with Gasteiger partial charge < -0.3 is 24.3 Å². The second-order valence-electron chi connectivity index (χ2n) is 9.17. The van der Waals surface area contributed by atoms with Gasteiger partial charge >= 0.3 is 11.9 Å². The molecule has 3 rings (SSSR count). The summed E-state index contributed by atoms with van der Waals surface area (Å²) < 4.78 is 20.5. The number of carbonyl (C=O) groups excluding carboxylic acids is 5. The minimum absolute atomic E-state index is 0.111. The molecule has 0 bridgehead atoms. The molecule has 39 heavy (non-hydrogen) atoms. The Balaban J connectivity index is 1.47. The number of amides is 3. The molecule has 2 N–H and O–H groups in total.